The lowest BCUT2D eigenvalue weighted by atomic mass is 9.55. The van der Waals surface area contributed by atoms with Gasteiger partial charge in [0.25, 0.3) is 6.10 Å². The Hall–Kier alpha value is -0.970. The largest absolute Gasteiger partial charge is 0.444 e. The Kier molecular flexibility index (Phi) is 3.46. The summed E-state index contributed by atoms with van der Waals surface area (Å²) in [6.45, 7) is 0. The molecule has 0 amide bonds. The molecule has 4 aliphatic rings. The summed E-state index contributed by atoms with van der Waals surface area (Å²) < 4.78 is 101. The van der Waals surface area contributed by atoms with Crippen LogP contribution in [0.25, 0.3) is 0 Å². The van der Waals surface area contributed by atoms with Gasteiger partial charge in [-0.2, -0.15) is 30.4 Å². The van der Waals surface area contributed by atoms with Gasteiger partial charge in [0.05, 0.1) is 5.41 Å². The number of alkyl halides is 5. The van der Waals surface area contributed by atoms with Gasteiger partial charge in [0.15, 0.2) is 0 Å². The second-order valence-electron chi connectivity index (χ2n) is 8.40. The minimum atomic E-state index is -6.42. The molecule has 0 heterocycles. The number of hydrogen-bond donors (Lipinski definition) is 1. The molecule has 1 N–H and O–H groups in total. The van der Waals surface area contributed by atoms with Crippen molar-refractivity contribution in [2.45, 2.75) is 56.1 Å². The fraction of sp³-hybridized carbons (Fsp3) is 0.933. The van der Waals surface area contributed by atoms with Gasteiger partial charge in [-0.15, -0.1) is 0 Å². The van der Waals surface area contributed by atoms with Crippen LogP contribution < -0.4 is 0 Å². The van der Waals surface area contributed by atoms with Crippen molar-refractivity contribution in [2.24, 2.45) is 28.6 Å². The van der Waals surface area contributed by atoms with E-state index in [0.29, 0.717) is 18.8 Å². The molecule has 1 spiro atoms. The van der Waals surface area contributed by atoms with Crippen molar-refractivity contribution >= 4 is 16.1 Å². The summed E-state index contributed by atoms with van der Waals surface area (Å²) in [6, 6.07) is 0. The normalized spacial score (nSPS) is 42.3. The molecule has 11 heteroatoms. The zero-order valence-corrected chi connectivity index (χ0v) is 14.2. The summed E-state index contributed by atoms with van der Waals surface area (Å²) in [7, 11) is -6.42. The molecular weight excluding hydrogens is 387 g/mol. The SMILES string of the molecule is O=C(OC(C(F)(F)F)C(F)(F)S(=O)(=O)O)C12CC3CC4CC(C1)C4(C3)C2. The summed E-state index contributed by atoms with van der Waals surface area (Å²) in [5.41, 5.74) is -1.36. The third-order valence-electron chi connectivity index (χ3n) is 7.07. The van der Waals surface area contributed by atoms with Gasteiger partial charge in [0.2, 0.25) is 0 Å². The lowest BCUT2D eigenvalue weighted by Crippen LogP contribution is -2.54. The summed E-state index contributed by atoms with van der Waals surface area (Å²) in [6.07, 6.45) is -6.53. The van der Waals surface area contributed by atoms with Crippen LogP contribution in [0.3, 0.4) is 0 Å². The second-order valence-corrected chi connectivity index (χ2v) is 9.89. The molecule has 0 radical (unpaired) electrons. The standard InChI is InChI=1S/C15H17F5O5S/c16-14(17,18)10(15(19,20)26(22,23)24)25-11(21)12-3-7-1-8-2-9(5-12)13(8,4-7)6-12/h7-10H,1-6H2,(H,22,23,24). The third kappa shape index (κ3) is 2.22. The van der Waals surface area contributed by atoms with Gasteiger partial charge in [-0.05, 0) is 61.7 Å². The van der Waals surface area contributed by atoms with Crippen molar-refractivity contribution in [1.29, 1.82) is 0 Å². The first-order chi connectivity index (χ1) is 11.7. The lowest BCUT2D eigenvalue weighted by molar-refractivity contribution is -0.263. The van der Waals surface area contributed by atoms with Crippen LogP contribution in [0.15, 0.2) is 0 Å². The predicted octanol–water partition coefficient (Wildman–Crippen LogP) is 3.16. The Labute approximate surface area is 146 Å². The van der Waals surface area contributed by atoms with Crippen LogP contribution in [0.2, 0.25) is 0 Å². The van der Waals surface area contributed by atoms with Crippen LogP contribution in [-0.2, 0) is 19.6 Å². The minimum absolute atomic E-state index is 0.0960. The lowest BCUT2D eigenvalue weighted by Gasteiger charge is -2.49. The molecule has 5 nitrogen and oxygen atoms in total. The van der Waals surface area contributed by atoms with E-state index >= 15 is 0 Å². The number of halogens is 5. The van der Waals surface area contributed by atoms with Crippen LogP contribution in [0, 0.1) is 28.6 Å². The number of esters is 1. The molecule has 0 aromatic heterocycles. The van der Waals surface area contributed by atoms with Crippen LogP contribution in [0.4, 0.5) is 22.0 Å². The van der Waals surface area contributed by atoms with E-state index < -0.39 is 39.0 Å². The zero-order chi connectivity index (χ0) is 19.3. The van der Waals surface area contributed by atoms with Crippen LogP contribution in [0.1, 0.15) is 38.5 Å². The number of rotatable bonds is 4. The van der Waals surface area contributed by atoms with Gasteiger partial charge in [0, 0.05) is 0 Å². The average molecular weight is 404 g/mol. The molecule has 0 saturated heterocycles. The molecule has 4 aliphatic carbocycles. The van der Waals surface area contributed by atoms with Gasteiger partial charge in [-0.25, -0.2) is 0 Å². The van der Waals surface area contributed by atoms with Crippen molar-refractivity contribution < 1.29 is 44.5 Å². The first kappa shape index (κ1) is 18.4. The molecular formula is C15H17F5O5S. The maximum atomic E-state index is 13.7. The highest BCUT2D eigenvalue weighted by Crippen LogP contribution is 2.79. The van der Waals surface area contributed by atoms with Gasteiger partial charge in [-0.3, -0.25) is 9.35 Å². The second kappa shape index (κ2) is 4.89. The van der Waals surface area contributed by atoms with Crippen LogP contribution in [0.5, 0.6) is 0 Å². The minimum Gasteiger partial charge on any atom is -0.444 e. The molecule has 4 saturated carbocycles. The Balaban J connectivity index is 1.62. The highest BCUT2D eigenvalue weighted by molar-refractivity contribution is 7.86. The third-order valence-corrected chi connectivity index (χ3v) is 7.97. The van der Waals surface area contributed by atoms with E-state index in [1.807, 2.05) is 0 Å². The summed E-state index contributed by atoms with van der Waals surface area (Å²) >= 11 is 0. The molecule has 0 aromatic rings. The first-order valence-electron chi connectivity index (χ1n) is 8.34. The number of fused-ring (bicyclic) bond motifs is 2. The van der Waals surface area contributed by atoms with E-state index in [0.717, 1.165) is 19.3 Å². The fourth-order valence-corrected chi connectivity index (χ4v) is 6.74. The first-order valence-corrected chi connectivity index (χ1v) is 9.78. The maximum absolute atomic E-state index is 13.7. The van der Waals surface area contributed by atoms with Crippen LogP contribution >= 0.6 is 0 Å². The highest BCUT2D eigenvalue weighted by Gasteiger charge is 2.74. The van der Waals surface area contributed by atoms with Gasteiger partial charge in [0.1, 0.15) is 0 Å². The van der Waals surface area contributed by atoms with Crippen molar-refractivity contribution in [3.05, 3.63) is 0 Å². The van der Waals surface area contributed by atoms with Crippen molar-refractivity contribution in [1.82, 2.24) is 0 Å². The number of carbonyl (C=O) groups is 1. The Morgan fingerprint density at radius 3 is 2.31 bits per heavy atom. The predicted molar refractivity (Wildman–Crippen MR) is 75.5 cm³/mol. The van der Waals surface area contributed by atoms with E-state index in [9.17, 15) is 35.2 Å². The van der Waals surface area contributed by atoms with Crippen molar-refractivity contribution in [3.8, 4) is 0 Å². The topological polar surface area (TPSA) is 80.7 Å². The average Bonchev–Trinajstić information content (AvgIpc) is 2.78. The van der Waals surface area contributed by atoms with Crippen molar-refractivity contribution in [3.63, 3.8) is 0 Å². The Morgan fingerprint density at radius 2 is 1.73 bits per heavy atom. The molecule has 0 aromatic carbocycles. The Morgan fingerprint density at radius 1 is 1.08 bits per heavy atom. The molecule has 148 valence electrons. The quantitative estimate of drug-likeness (QED) is 0.442. The molecule has 6 unspecified atom stereocenters. The van der Waals surface area contributed by atoms with E-state index in [-0.39, 0.29) is 23.7 Å². The van der Waals surface area contributed by atoms with Crippen molar-refractivity contribution in [2.75, 3.05) is 0 Å². The summed E-state index contributed by atoms with van der Waals surface area (Å²) in [4.78, 5) is 12.6. The summed E-state index contributed by atoms with van der Waals surface area (Å²) in [5, 5.41) is -5.68. The molecule has 6 atom stereocenters. The smallest absolute Gasteiger partial charge is 0.432 e. The van der Waals surface area contributed by atoms with Gasteiger partial charge >= 0.3 is 27.5 Å². The Bertz CT molecular complexity index is 761. The molecule has 0 aliphatic heterocycles. The number of hydrogen-bond acceptors (Lipinski definition) is 4. The van der Waals surface area contributed by atoms with Gasteiger partial charge in [-0.1, -0.05) is 0 Å². The molecule has 26 heavy (non-hydrogen) atoms. The molecule has 3 bridgehead atoms. The van der Waals surface area contributed by atoms with E-state index in [1.54, 1.807) is 0 Å². The monoisotopic (exact) mass is 404 g/mol. The number of ether oxygens (including phenoxy) is 1. The number of carbonyl (C=O) groups excluding carboxylic acids is 1. The molecule has 4 rings (SSSR count). The van der Waals surface area contributed by atoms with E-state index in [1.165, 1.54) is 0 Å². The fourth-order valence-electron chi connectivity index (χ4n) is 6.29. The van der Waals surface area contributed by atoms with E-state index in [2.05, 4.69) is 4.74 Å². The molecule has 4 fully saturated rings. The van der Waals surface area contributed by atoms with E-state index in [4.69, 9.17) is 4.55 Å². The summed E-state index contributed by atoms with van der Waals surface area (Å²) in [5.74, 6) is -0.672. The highest BCUT2D eigenvalue weighted by atomic mass is 32.2. The zero-order valence-electron chi connectivity index (χ0n) is 13.4. The maximum Gasteiger partial charge on any atom is 0.432 e. The van der Waals surface area contributed by atoms with Gasteiger partial charge < -0.3 is 4.74 Å². The van der Waals surface area contributed by atoms with Crippen LogP contribution in [-0.4, -0.2) is 36.5 Å².